The Labute approximate surface area is 103 Å². The Kier molecular flexibility index (Phi) is 2.05. The van der Waals surface area contributed by atoms with Gasteiger partial charge in [-0.3, -0.25) is 4.79 Å². The zero-order valence-corrected chi connectivity index (χ0v) is 10.4. The van der Waals surface area contributed by atoms with Crippen LogP contribution in [0.5, 0.6) is 0 Å². The largest absolute Gasteiger partial charge is 0.398 e. The lowest BCUT2D eigenvalue weighted by molar-refractivity contribution is -0.0438. The molecule has 3 aliphatic rings. The maximum absolute atomic E-state index is 12.1. The number of nitrogen functional groups attached to an aromatic ring is 1. The van der Waals surface area contributed by atoms with Crippen molar-refractivity contribution in [3.05, 3.63) is 28.2 Å². The molecule has 3 N–H and O–H groups in total. The van der Waals surface area contributed by atoms with E-state index in [9.17, 15) is 4.79 Å². The van der Waals surface area contributed by atoms with Crippen LogP contribution >= 0.6 is 15.9 Å². The van der Waals surface area contributed by atoms with Crippen LogP contribution in [0.4, 0.5) is 5.69 Å². The first-order chi connectivity index (χ1) is 7.60. The van der Waals surface area contributed by atoms with E-state index in [2.05, 4.69) is 21.2 Å². The van der Waals surface area contributed by atoms with Gasteiger partial charge < -0.3 is 11.1 Å². The van der Waals surface area contributed by atoms with E-state index in [1.54, 1.807) is 18.2 Å². The molecule has 3 saturated carbocycles. The number of carbonyl (C=O) groups excluding carboxylic acids is 1. The maximum Gasteiger partial charge on any atom is 0.252 e. The summed E-state index contributed by atoms with van der Waals surface area (Å²) in [6, 6.07) is 5.38. The monoisotopic (exact) mass is 280 g/mol. The molecule has 0 radical (unpaired) electrons. The standard InChI is InChI=1S/C12H13BrN2O/c13-10-8(2-1-3-9(10)14)11(16)15-12-4-7(5-12)6-12/h1-3,7H,4-6,14H2,(H,15,16). The third kappa shape index (κ3) is 1.36. The zero-order chi connectivity index (χ0) is 11.3. The Morgan fingerprint density at radius 1 is 1.44 bits per heavy atom. The predicted molar refractivity (Wildman–Crippen MR) is 66.1 cm³/mol. The van der Waals surface area contributed by atoms with E-state index in [0.29, 0.717) is 15.7 Å². The molecule has 4 rings (SSSR count). The van der Waals surface area contributed by atoms with Crippen LogP contribution in [0.3, 0.4) is 0 Å². The average Bonchev–Trinajstić information content (AvgIpc) is 2.13. The van der Waals surface area contributed by atoms with Gasteiger partial charge >= 0.3 is 0 Å². The van der Waals surface area contributed by atoms with E-state index in [1.807, 2.05) is 0 Å². The van der Waals surface area contributed by atoms with Crippen molar-refractivity contribution in [2.45, 2.75) is 24.8 Å². The summed E-state index contributed by atoms with van der Waals surface area (Å²) in [5.74, 6) is 0.849. The SMILES string of the molecule is Nc1cccc(C(=O)NC23CC(C2)C3)c1Br. The van der Waals surface area contributed by atoms with Crippen LogP contribution in [-0.4, -0.2) is 11.4 Å². The summed E-state index contributed by atoms with van der Waals surface area (Å²) in [6.45, 7) is 0. The van der Waals surface area contributed by atoms with Gasteiger partial charge in [-0.05, 0) is 53.2 Å². The molecular weight excluding hydrogens is 268 g/mol. The molecule has 16 heavy (non-hydrogen) atoms. The molecule has 0 aromatic heterocycles. The fourth-order valence-corrected chi connectivity index (χ4v) is 3.11. The van der Waals surface area contributed by atoms with E-state index in [0.717, 1.165) is 25.2 Å². The first-order valence-electron chi connectivity index (χ1n) is 5.46. The second kappa shape index (κ2) is 3.23. The Morgan fingerprint density at radius 3 is 2.69 bits per heavy atom. The molecule has 0 spiro atoms. The van der Waals surface area contributed by atoms with Crippen molar-refractivity contribution in [3.63, 3.8) is 0 Å². The van der Waals surface area contributed by atoms with Crippen LogP contribution in [0, 0.1) is 5.92 Å². The maximum atomic E-state index is 12.1. The normalized spacial score (nSPS) is 30.2. The van der Waals surface area contributed by atoms with Gasteiger partial charge in [-0.15, -0.1) is 0 Å². The number of amides is 1. The number of anilines is 1. The molecule has 2 bridgehead atoms. The summed E-state index contributed by atoms with van der Waals surface area (Å²) >= 11 is 3.36. The van der Waals surface area contributed by atoms with Crippen LogP contribution in [0.25, 0.3) is 0 Å². The molecular formula is C12H13BrN2O. The van der Waals surface area contributed by atoms with Gasteiger partial charge in [0.2, 0.25) is 0 Å². The second-order valence-electron chi connectivity index (χ2n) is 4.92. The highest BCUT2D eigenvalue weighted by atomic mass is 79.9. The summed E-state index contributed by atoms with van der Waals surface area (Å²) in [4.78, 5) is 12.1. The Hall–Kier alpha value is -1.03. The van der Waals surface area contributed by atoms with Crippen molar-refractivity contribution >= 4 is 27.5 Å². The summed E-state index contributed by atoms with van der Waals surface area (Å²) in [7, 11) is 0. The van der Waals surface area contributed by atoms with Crippen LogP contribution in [0.1, 0.15) is 29.6 Å². The molecule has 3 aliphatic carbocycles. The highest BCUT2D eigenvalue weighted by molar-refractivity contribution is 9.10. The Balaban J connectivity index is 1.80. The number of rotatable bonds is 2. The van der Waals surface area contributed by atoms with Crippen molar-refractivity contribution in [2.75, 3.05) is 5.73 Å². The van der Waals surface area contributed by atoms with Crippen molar-refractivity contribution in [1.29, 1.82) is 0 Å². The molecule has 3 nitrogen and oxygen atoms in total. The molecule has 0 unspecified atom stereocenters. The number of hydrogen-bond acceptors (Lipinski definition) is 2. The molecule has 0 heterocycles. The van der Waals surface area contributed by atoms with Crippen LogP contribution in [-0.2, 0) is 0 Å². The summed E-state index contributed by atoms with van der Waals surface area (Å²) < 4.78 is 0.694. The third-order valence-electron chi connectivity index (χ3n) is 3.69. The zero-order valence-electron chi connectivity index (χ0n) is 8.79. The number of carbonyl (C=O) groups is 1. The van der Waals surface area contributed by atoms with Gasteiger partial charge in [-0.2, -0.15) is 0 Å². The van der Waals surface area contributed by atoms with Gasteiger partial charge in [-0.1, -0.05) is 6.07 Å². The van der Waals surface area contributed by atoms with Crippen LogP contribution in [0.2, 0.25) is 0 Å². The van der Waals surface area contributed by atoms with Crippen molar-refractivity contribution in [1.82, 2.24) is 5.32 Å². The number of hydrogen-bond donors (Lipinski definition) is 2. The highest BCUT2D eigenvalue weighted by Gasteiger charge is 2.57. The minimum absolute atomic E-state index is 0.0164. The smallest absolute Gasteiger partial charge is 0.252 e. The van der Waals surface area contributed by atoms with E-state index < -0.39 is 0 Å². The lowest BCUT2D eigenvalue weighted by Crippen LogP contribution is -2.68. The van der Waals surface area contributed by atoms with Crippen molar-refractivity contribution < 1.29 is 4.79 Å². The number of halogens is 1. The molecule has 1 aromatic rings. The van der Waals surface area contributed by atoms with E-state index in [1.165, 1.54) is 0 Å². The lowest BCUT2D eigenvalue weighted by atomic mass is 9.50. The molecule has 1 amide bonds. The van der Waals surface area contributed by atoms with Gasteiger partial charge in [0.05, 0.1) is 10.0 Å². The van der Waals surface area contributed by atoms with Gasteiger partial charge in [0.25, 0.3) is 5.91 Å². The average molecular weight is 281 g/mol. The van der Waals surface area contributed by atoms with E-state index in [4.69, 9.17) is 5.73 Å². The highest BCUT2D eigenvalue weighted by Crippen LogP contribution is 2.57. The Morgan fingerprint density at radius 2 is 2.12 bits per heavy atom. The number of benzene rings is 1. The molecule has 1 aromatic carbocycles. The lowest BCUT2D eigenvalue weighted by Gasteiger charge is -2.61. The fraction of sp³-hybridized carbons (Fsp3) is 0.417. The molecule has 3 fully saturated rings. The molecule has 4 heteroatoms. The molecule has 0 atom stereocenters. The van der Waals surface area contributed by atoms with Gasteiger partial charge in [-0.25, -0.2) is 0 Å². The third-order valence-corrected chi connectivity index (χ3v) is 4.58. The Bertz CT molecular complexity index is 455. The van der Waals surface area contributed by atoms with Crippen molar-refractivity contribution in [3.8, 4) is 0 Å². The topological polar surface area (TPSA) is 55.1 Å². The molecule has 0 saturated heterocycles. The first kappa shape index (κ1) is 10.1. The molecule has 84 valence electrons. The quantitative estimate of drug-likeness (QED) is 0.817. The van der Waals surface area contributed by atoms with Gasteiger partial charge in [0.15, 0.2) is 0 Å². The van der Waals surface area contributed by atoms with E-state index in [-0.39, 0.29) is 11.4 Å². The number of nitrogens with two attached hydrogens (primary N) is 1. The summed E-state index contributed by atoms with van der Waals surface area (Å²) in [6.07, 6.45) is 3.45. The van der Waals surface area contributed by atoms with Gasteiger partial charge in [0, 0.05) is 11.2 Å². The molecule has 0 aliphatic heterocycles. The van der Waals surface area contributed by atoms with Crippen LogP contribution < -0.4 is 11.1 Å². The minimum Gasteiger partial charge on any atom is -0.398 e. The van der Waals surface area contributed by atoms with Crippen molar-refractivity contribution in [2.24, 2.45) is 5.92 Å². The minimum atomic E-state index is -0.0164. The van der Waals surface area contributed by atoms with Crippen LogP contribution in [0.15, 0.2) is 22.7 Å². The fourth-order valence-electron chi connectivity index (χ4n) is 2.66. The van der Waals surface area contributed by atoms with Gasteiger partial charge in [0.1, 0.15) is 0 Å². The second-order valence-corrected chi connectivity index (χ2v) is 5.71. The van der Waals surface area contributed by atoms with E-state index >= 15 is 0 Å². The summed E-state index contributed by atoms with van der Waals surface area (Å²) in [5.41, 5.74) is 7.10. The predicted octanol–water partition coefficient (Wildman–Crippen LogP) is 2.31. The first-order valence-corrected chi connectivity index (χ1v) is 6.25. The summed E-state index contributed by atoms with van der Waals surface area (Å²) in [5, 5.41) is 3.12. The number of nitrogens with one attached hydrogen (secondary N) is 1.